The highest BCUT2D eigenvalue weighted by Crippen LogP contribution is 2.34. The Morgan fingerprint density at radius 1 is 1.26 bits per heavy atom. The lowest BCUT2D eigenvalue weighted by Crippen LogP contribution is -2.37. The number of rotatable bonds is 3. The Morgan fingerprint density at radius 2 is 2.05 bits per heavy atom. The first kappa shape index (κ1) is 12.7. The van der Waals surface area contributed by atoms with Crippen molar-refractivity contribution < 1.29 is 0 Å². The molecular formula is C15H23N3O. The lowest BCUT2D eigenvalue weighted by atomic mass is 9.78. The van der Waals surface area contributed by atoms with E-state index in [1.807, 2.05) is 10.8 Å². The van der Waals surface area contributed by atoms with E-state index in [9.17, 15) is 4.79 Å². The van der Waals surface area contributed by atoms with Gasteiger partial charge in [-0.05, 0) is 31.1 Å². The van der Waals surface area contributed by atoms with Crippen LogP contribution >= 0.6 is 0 Å². The van der Waals surface area contributed by atoms with Crippen LogP contribution in [0.2, 0.25) is 0 Å². The highest BCUT2D eigenvalue weighted by Gasteiger charge is 2.29. The van der Waals surface area contributed by atoms with Crippen LogP contribution in [-0.2, 0) is 0 Å². The molecule has 0 saturated heterocycles. The molecule has 1 aromatic heterocycles. The van der Waals surface area contributed by atoms with E-state index in [1.165, 1.54) is 12.8 Å². The molecule has 0 radical (unpaired) electrons. The van der Waals surface area contributed by atoms with Gasteiger partial charge in [-0.25, -0.2) is 4.98 Å². The monoisotopic (exact) mass is 261 g/mol. The second-order valence-corrected chi connectivity index (χ2v) is 6.24. The normalized spacial score (nSPS) is 31.2. The summed E-state index contributed by atoms with van der Waals surface area (Å²) in [5.74, 6) is 1.87. The van der Waals surface area contributed by atoms with E-state index in [0.29, 0.717) is 23.8 Å². The fourth-order valence-electron chi connectivity index (χ4n) is 3.13. The van der Waals surface area contributed by atoms with Gasteiger partial charge in [-0.3, -0.25) is 4.79 Å². The Bertz CT molecular complexity index is 506. The Balaban J connectivity index is 1.79. The third-order valence-corrected chi connectivity index (χ3v) is 4.84. The van der Waals surface area contributed by atoms with Gasteiger partial charge in [0.15, 0.2) is 5.82 Å². The summed E-state index contributed by atoms with van der Waals surface area (Å²) in [6.07, 6.45) is 9.50. The van der Waals surface area contributed by atoms with E-state index >= 15 is 0 Å². The van der Waals surface area contributed by atoms with Crippen LogP contribution in [0, 0.1) is 11.8 Å². The third kappa shape index (κ3) is 2.53. The number of nitrogens with zero attached hydrogens (tertiary/aromatic N) is 2. The molecule has 3 rings (SSSR count). The average Bonchev–Trinajstić information content (AvgIpc) is 3.21. The van der Waals surface area contributed by atoms with Gasteiger partial charge in [0.25, 0.3) is 5.56 Å². The lowest BCUT2D eigenvalue weighted by molar-refractivity contribution is 0.252. The van der Waals surface area contributed by atoms with E-state index < -0.39 is 0 Å². The van der Waals surface area contributed by atoms with Crippen molar-refractivity contribution in [2.45, 2.75) is 58.0 Å². The first-order valence-corrected chi connectivity index (χ1v) is 7.50. The van der Waals surface area contributed by atoms with Crippen LogP contribution in [0.15, 0.2) is 17.2 Å². The molecule has 104 valence electrons. The van der Waals surface area contributed by atoms with Crippen molar-refractivity contribution in [2.24, 2.45) is 11.8 Å². The minimum absolute atomic E-state index is 0.0513. The second-order valence-electron chi connectivity index (χ2n) is 6.24. The van der Waals surface area contributed by atoms with Gasteiger partial charge in [0.1, 0.15) is 0 Å². The lowest BCUT2D eigenvalue weighted by Gasteiger charge is -2.34. The zero-order valence-electron chi connectivity index (χ0n) is 11.8. The molecule has 3 unspecified atom stereocenters. The maximum atomic E-state index is 12.4. The second kappa shape index (κ2) is 4.99. The number of hydrogen-bond donors (Lipinski definition) is 1. The smallest absolute Gasteiger partial charge is 0.293 e. The van der Waals surface area contributed by atoms with Crippen LogP contribution in [0.4, 0.5) is 5.82 Å². The molecule has 2 saturated carbocycles. The summed E-state index contributed by atoms with van der Waals surface area (Å²) in [5, 5.41) is 3.41. The molecule has 3 atom stereocenters. The van der Waals surface area contributed by atoms with Crippen LogP contribution in [0.25, 0.3) is 0 Å². The molecule has 0 spiro atoms. The van der Waals surface area contributed by atoms with Crippen LogP contribution < -0.4 is 10.9 Å². The van der Waals surface area contributed by atoms with Crippen molar-refractivity contribution in [1.82, 2.24) is 9.55 Å². The minimum atomic E-state index is 0.0513. The van der Waals surface area contributed by atoms with Gasteiger partial charge in [-0.2, -0.15) is 0 Å². The van der Waals surface area contributed by atoms with Gasteiger partial charge in [-0.15, -0.1) is 0 Å². The molecule has 2 fully saturated rings. The summed E-state index contributed by atoms with van der Waals surface area (Å²) in [6, 6.07) is 0.803. The summed E-state index contributed by atoms with van der Waals surface area (Å²) in [4.78, 5) is 16.6. The highest BCUT2D eigenvalue weighted by atomic mass is 16.1. The summed E-state index contributed by atoms with van der Waals surface area (Å²) in [6.45, 7) is 4.59. The van der Waals surface area contributed by atoms with Crippen molar-refractivity contribution in [3.8, 4) is 0 Å². The minimum Gasteiger partial charge on any atom is -0.362 e. The maximum Gasteiger partial charge on any atom is 0.293 e. The van der Waals surface area contributed by atoms with Crippen LogP contribution in [0.5, 0.6) is 0 Å². The zero-order valence-corrected chi connectivity index (χ0v) is 11.8. The number of nitrogens with one attached hydrogen (secondary N) is 1. The van der Waals surface area contributed by atoms with Crippen molar-refractivity contribution in [3.63, 3.8) is 0 Å². The van der Waals surface area contributed by atoms with Gasteiger partial charge in [0, 0.05) is 24.5 Å². The molecule has 0 amide bonds. The van der Waals surface area contributed by atoms with E-state index in [-0.39, 0.29) is 5.56 Å². The third-order valence-electron chi connectivity index (χ3n) is 4.84. The fourth-order valence-corrected chi connectivity index (χ4v) is 3.13. The Hall–Kier alpha value is -1.32. The van der Waals surface area contributed by atoms with Crippen molar-refractivity contribution in [1.29, 1.82) is 0 Å². The molecule has 4 nitrogen and oxygen atoms in total. The van der Waals surface area contributed by atoms with E-state index in [0.717, 1.165) is 25.2 Å². The van der Waals surface area contributed by atoms with Crippen molar-refractivity contribution in [2.75, 3.05) is 5.32 Å². The Kier molecular flexibility index (Phi) is 3.33. The average molecular weight is 261 g/mol. The summed E-state index contributed by atoms with van der Waals surface area (Å²) >= 11 is 0. The standard InChI is InChI=1S/C15H23N3O/c1-10-4-3-5-13(11(10)2)17-14-15(19)18(9-8-16-14)12-6-7-12/h8-13H,3-7H2,1-2H3,(H,16,17). The fraction of sp³-hybridized carbons (Fsp3) is 0.733. The maximum absolute atomic E-state index is 12.4. The van der Waals surface area contributed by atoms with E-state index in [1.54, 1.807) is 6.20 Å². The van der Waals surface area contributed by atoms with Gasteiger partial charge in [0.05, 0.1) is 0 Å². The van der Waals surface area contributed by atoms with Crippen LogP contribution in [-0.4, -0.2) is 15.6 Å². The van der Waals surface area contributed by atoms with Gasteiger partial charge < -0.3 is 9.88 Å². The first-order chi connectivity index (χ1) is 9.16. The molecule has 2 aliphatic rings. The highest BCUT2D eigenvalue weighted by molar-refractivity contribution is 5.33. The quantitative estimate of drug-likeness (QED) is 0.910. The molecule has 1 heterocycles. The van der Waals surface area contributed by atoms with Gasteiger partial charge >= 0.3 is 0 Å². The van der Waals surface area contributed by atoms with E-state index in [4.69, 9.17) is 0 Å². The first-order valence-electron chi connectivity index (χ1n) is 7.50. The summed E-state index contributed by atoms with van der Waals surface area (Å²) in [7, 11) is 0. The number of anilines is 1. The molecule has 1 aromatic rings. The van der Waals surface area contributed by atoms with Gasteiger partial charge in [-0.1, -0.05) is 26.7 Å². The SMILES string of the molecule is CC1CCCC(Nc2nccn(C3CC3)c2=O)C1C. The molecule has 2 aliphatic carbocycles. The largest absolute Gasteiger partial charge is 0.362 e. The van der Waals surface area contributed by atoms with Gasteiger partial charge in [0.2, 0.25) is 0 Å². The molecule has 0 aromatic carbocycles. The topological polar surface area (TPSA) is 46.9 Å². The molecule has 19 heavy (non-hydrogen) atoms. The molecule has 0 bridgehead atoms. The molecular weight excluding hydrogens is 238 g/mol. The number of aromatic nitrogens is 2. The van der Waals surface area contributed by atoms with Crippen LogP contribution in [0.1, 0.15) is 52.0 Å². The predicted octanol–water partition coefficient (Wildman–Crippen LogP) is 2.81. The molecule has 1 N–H and O–H groups in total. The van der Waals surface area contributed by atoms with E-state index in [2.05, 4.69) is 24.1 Å². The van der Waals surface area contributed by atoms with Crippen molar-refractivity contribution >= 4 is 5.82 Å². The zero-order chi connectivity index (χ0) is 13.4. The molecule has 4 heteroatoms. The molecule has 0 aliphatic heterocycles. The van der Waals surface area contributed by atoms with Crippen LogP contribution in [0.3, 0.4) is 0 Å². The summed E-state index contributed by atoms with van der Waals surface area (Å²) < 4.78 is 1.84. The Morgan fingerprint density at radius 3 is 2.79 bits per heavy atom. The summed E-state index contributed by atoms with van der Waals surface area (Å²) in [5.41, 5.74) is 0.0513. The Labute approximate surface area is 114 Å². The predicted molar refractivity (Wildman–Crippen MR) is 76.4 cm³/mol. The number of hydrogen-bond acceptors (Lipinski definition) is 3. The van der Waals surface area contributed by atoms with Crippen molar-refractivity contribution in [3.05, 3.63) is 22.7 Å².